The number of carbonyl (C=O) groups is 1. The molecular weight excluding hydrogens is 476 g/mol. The van der Waals surface area contributed by atoms with Crippen LogP contribution in [0, 0.1) is 0 Å². The maximum Gasteiger partial charge on any atom is 0.333 e. The van der Waals surface area contributed by atoms with Gasteiger partial charge in [0.25, 0.3) is 11.5 Å². The van der Waals surface area contributed by atoms with Crippen molar-refractivity contribution in [2.75, 3.05) is 13.1 Å². The third kappa shape index (κ3) is 3.60. The molecule has 3 heterocycles. The minimum absolute atomic E-state index is 0.0718. The second kappa shape index (κ2) is 8.77. The molecule has 1 aliphatic rings. The Hall–Kier alpha value is -4.23. The molecule has 36 heavy (non-hydrogen) atoms. The van der Waals surface area contributed by atoms with Gasteiger partial charge in [0.05, 0.1) is 22.8 Å². The molecule has 6 rings (SSSR count). The van der Waals surface area contributed by atoms with Crippen molar-refractivity contribution in [3.8, 4) is 16.8 Å². The number of hydrogen-bond donors (Lipinski definition) is 1. The van der Waals surface area contributed by atoms with E-state index in [1.54, 1.807) is 42.6 Å². The van der Waals surface area contributed by atoms with E-state index in [0.29, 0.717) is 38.3 Å². The van der Waals surface area contributed by atoms with Gasteiger partial charge in [-0.05, 0) is 42.7 Å². The van der Waals surface area contributed by atoms with E-state index in [1.807, 2.05) is 29.2 Å². The summed E-state index contributed by atoms with van der Waals surface area (Å²) in [5, 5.41) is 2.34. The first kappa shape index (κ1) is 22.2. The highest BCUT2D eigenvalue weighted by molar-refractivity contribution is 6.34. The largest absolute Gasteiger partial charge is 0.339 e. The Balaban J connectivity index is 1.52. The fraction of sp³-hybridized carbons (Fsp3) is 0.143. The van der Waals surface area contributed by atoms with Gasteiger partial charge < -0.3 is 9.88 Å². The number of nitrogens with zero attached hydrogens (tertiary/aromatic N) is 3. The first-order valence-electron chi connectivity index (χ1n) is 11.7. The number of likely N-dealkylation sites (tertiary alicyclic amines) is 1. The molecular formula is C28H21ClN4O3. The highest BCUT2D eigenvalue weighted by Crippen LogP contribution is 2.34. The lowest BCUT2D eigenvalue weighted by atomic mass is 9.97. The van der Waals surface area contributed by atoms with E-state index in [2.05, 4.69) is 9.97 Å². The number of fused-ring (bicyclic) bond motifs is 2. The molecule has 0 unspecified atom stereocenters. The topological polar surface area (TPSA) is 88.1 Å². The quantitative estimate of drug-likeness (QED) is 0.389. The number of nitrogens with one attached hydrogen (secondary N) is 1. The first-order chi connectivity index (χ1) is 17.5. The fourth-order valence-corrected chi connectivity index (χ4v) is 5.24. The molecule has 1 fully saturated rings. The van der Waals surface area contributed by atoms with E-state index in [-0.39, 0.29) is 5.91 Å². The highest BCUT2D eigenvalue weighted by atomic mass is 35.5. The van der Waals surface area contributed by atoms with Gasteiger partial charge in [-0.15, -0.1) is 0 Å². The van der Waals surface area contributed by atoms with E-state index in [4.69, 9.17) is 11.6 Å². The van der Waals surface area contributed by atoms with Gasteiger partial charge in [0, 0.05) is 46.2 Å². The van der Waals surface area contributed by atoms with Crippen LogP contribution >= 0.6 is 11.6 Å². The van der Waals surface area contributed by atoms with Gasteiger partial charge in [-0.3, -0.25) is 14.6 Å². The number of benzene rings is 3. The average Bonchev–Trinajstić information content (AvgIpc) is 3.43. The van der Waals surface area contributed by atoms with Crippen LogP contribution < -0.4 is 11.2 Å². The average molecular weight is 497 g/mol. The van der Waals surface area contributed by atoms with Crippen LogP contribution in [0.2, 0.25) is 5.02 Å². The van der Waals surface area contributed by atoms with Gasteiger partial charge >= 0.3 is 5.69 Å². The standard InChI is InChI=1S/C28H21ClN4O3/c29-22-9-5-8-21(26(34)32-12-3-4-13-32)25(22)17-10-11-20-23(14-17)31-28(36)33(27(20)35)24-16-30-15-18-6-1-2-7-19(18)24/h1-2,5-11,14-16H,3-4,12-13H2,(H,31,36). The van der Waals surface area contributed by atoms with Crippen LogP contribution in [-0.4, -0.2) is 38.4 Å². The van der Waals surface area contributed by atoms with Crippen LogP contribution in [0.4, 0.5) is 0 Å². The molecule has 2 aromatic heterocycles. The second-order valence-corrected chi connectivity index (χ2v) is 9.28. The number of halogens is 1. The zero-order valence-electron chi connectivity index (χ0n) is 19.2. The van der Waals surface area contributed by atoms with Crippen molar-refractivity contribution in [1.29, 1.82) is 0 Å². The van der Waals surface area contributed by atoms with Crippen molar-refractivity contribution in [2.45, 2.75) is 12.8 Å². The third-order valence-electron chi connectivity index (χ3n) is 6.71. The highest BCUT2D eigenvalue weighted by Gasteiger charge is 2.24. The van der Waals surface area contributed by atoms with Crippen LogP contribution in [0.15, 0.2) is 82.6 Å². The van der Waals surface area contributed by atoms with Crippen molar-refractivity contribution in [1.82, 2.24) is 19.4 Å². The molecule has 0 bridgehead atoms. The van der Waals surface area contributed by atoms with Gasteiger partial charge in [0.1, 0.15) is 0 Å². The van der Waals surface area contributed by atoms with Gasteiger partial charge in [0.15, 0.2) is 0 Å². The fourth-order valence-electron chi connectivity index (χ4n) is 4.96. The lowest BCUT2D eigenvalue weighted by molar-refractivity contribution is 0.0793. The third-order valence-corrected chi connectivity index (χ3v) is 7.03. The van der Waals surface area contributed by atoms with Crippen LogP contribution in [-0.2, 0) is 0 Å². The smallest absolute Gasteiger partial charge is 0.333 e. The summed E-state index contributed by atoms with van der Waals surface area (Å²) in [4.78, 5) is 48.7. The predicted octanol–water partition coefficient (Wildman–Crippen LogP) is 4.78. The zero-order valence-corrected chi connectivity index (χ0v) is 20.0. The molecule has 1 saturated heterocycles. The number of H-pyrrole nitrogens is 1. The van der Waals surface area contributed by atoms with Gasteiger partial charge in [-0.25, -0.2) is 9.36 Å². The molecule has 5 aromatic rings. The lowest BCUT2D eigenvalue weighted by Crippen LogP contribution is -2.33. The Morgan fingerprint density at radius 2 is 1.72 bits per heavy atom. The number of aromatic amines is 1. The van der Waals surface area contributed by atoms with Crippen molar-refractivity contribution in [2.24, 2.45) is 0 Å². The van der Waals surface area contributed by atoms with E-state index < -0.39 is 11.2 Å². The molecule has 3 aromatic carbocycles. The number of carbonyl (C=O) groups excluding carboxylic acids is 1. The minimum Gasteiger partial charge on any atom is -0.339 e. The van der Waals surface area contributed by atoms with Crippen molar-refractivity contribution in [3.63, 3.8) is 0 Å². The molecule has 0 saturated carbocycles. The Morgan fingerprint density at radius 1 is 0.917 bits per heavy atom. The Bertz CT molecular complexity index is 1780. The number of rotatable bonds is 3. The SMILES string of the molecule is O=C(c1cccc(Cl)c1-c1ccc2c(=O)n(-c3cncc4ccccc34)c(=O)[nH]c2c1)N1CCCC1. The molecule has 0 atom stereocenters. The van der Waals surface area contributed by atoms with E-state index in [1.165, 1.54) is 6.20 Å². The number of hydrogen-bond acceptors (Lipinski definition) is 4. The van der Waals surface area contributed by atoms with Crippen LogP contribution in [0.1, 0.15) is 23.2 Å². The summed E-state index contributed by atoms with van der Waals surface area (Å²) in [5.74, 6) is -0.0718. The number of aromatic nitrogens is 3. The van der Waals surface area contributed by atoms with Crippen molar-refractivity contribution >= 4 is 39.2 Å². The number of amides is 1. The molecule has 1 amide bonds. The summed E-state index contributed by atoms with van der Waals surface area (Å²) in [5.41, 5.74) is 1.49. The summed E-state index contributed by atoms with van der Waals surface area (Å²) < 4.78 is 1.11. The maximum atomic E-state index is 13.5. The Morgan fingerprint density at radius 3 is 2.56 bits per heavy atom. The first-order valence-corrected chi connectivity index (χ1v) is 12.1. The van der Waals surface area contributed by atoms with Crippen LogP contribution in [0.25, 0.3) is 38.5 Å². The molecule has 0 radical (unpaired) electrons. The summed E-state index contributed by atoms with van der Waals surface area (Å²) >= 11 is 6.57. The van der Waals surface area contributed by atoms with E-state index in [0.717, 1.165) is 41.3 Å². The summed E-state index contributed by atoms with van der Waals surface area (Å²) in [6, 6.07) is 17.8. The zero-order chi connectivity index (χ0) is 24.8. The lowest BCUT2D eigenvalue weighted by Gasteiger charge is -2.19. The van der Waals surface area contributed by atoms with Gasteiger partial charge in [0.2, 0.25) is 0 Å². The number of pyridine rings is 1. The van der Waals surface area contributed by atoms with Gasteiger partial charge in [-0.1, -0.05) is 48.0 Å². The van der Waals surface area contributed by atoms with Crippen molar-refractivity contribution in [3.05, 3.63) is 104 Å². The predicted molar refractivity (Wildman–Crippen MR) is 141 cm³/mol. The monoisotopic (exact) mass is 496 g/mol. The molecule has 1 aliphatic heterocycles. The normalized spacial score (nSPS) is 13.5. The summed E-state index contributed by atoms with van der Waals surface area (Å²) in [6.07, 6.45) is 5.17. The minimum atomic E-state index is -0.574. The molecule has 8 heteroatoms. The van der Waals surface area contributed by atoms with Crippen LogP contribution in [0.3, 0.4) is 0 Å². The Labute approximate surface area is 210 Å². The molecule has 178 valence electrons. The second-order valence-electron chi connectivity index (χ2n) is 8.87. The Kier molecular flexibility index (Phi) is 5.42. The molecule has 0 aliphatic carbocycles. The van der Waals surface area contributed by atoms with E-state index in [9.17, 15) is 14.4 Å². The van der Waals surface area contributed by atoms with Crippen molar-refractivity contribution < 1.29 is 4.79 Å². The summed E-state index contributed by atoms with van der Waals surface area (Å²) in [6.45, 7) is 1.44. The molecule has 7 nitrogen and oxygen atoms in total. The molecule has 1 N–H and O–H groups in total. The summed E-state index contributed by atoms with van der Waals surface area (Å²) in [7, 11) is 0. The molecule has 0 spiro atoms. The van der Waals surface area contributed by atoms with Gasteiger partial charge in [-0.2, -0.15) is 0 Å². The maximum absolute atomic E-state index is 13.5. The van der Waals surface area contributed by atoms with E-state index >= 15 is 0 Å². The van der Waals surface area contributed by atoms with Crippen LogP contribution in [0.5, 0.6) is 0 Å².